The number of hydrogen-bond donors (Lipinski definition) is 3. The number of nitrogens with one attached hydrogen (secondary N) is 2. The highest BCUT2D eigenvalue weighted by Crippen LogP contribution is 2.34. The summed E-state index contributed by atoms with van der Waals surface area (Å²) in [5.41, 5.74) is 3.96. The van der Waals surface area contributed by atoms with Gasteiger partial charge in [0.1, 0.15) is 5.69 Å². The number of aliphatic hydroxyl groups excluding tert-OH is 1. The lowest BCUT2D eigenvalue weighted by Gasteiger charge is -2.16. The Kier molecular flexibility index (Phi) is 3.72. The number of amides is 1. The van der Waals surface area contributed by atoms with Crippen LogP contribution in [0.2, 0.25) is 0 Å². The summed E-state index contributed by atoms with van der Waals surface area (Å²) < 4.78 is 0. The van der Waals surface area contributed by atoms with Gasteiger partial charge >= 0.3 is 0 Å². The molecular weight excluding hydrogens is 264 g/mol. The zero-order valence-corrected chi connectivity index (χ0v) is 12.6. The number of aromatic amines is 1. The molecule has 1 aromatic heterocycles. The quantitative estimate of drug-likeness (QED) is 0.791. The summed E-state index contributed by atoms with van der Waals surface area (Å²) in [4.78, 5) is 15.6. The standard InChI is InChI=1S/C17H22N2O2/c1-10-7-11(2)13-9-16(18-15(13)8-10)17(21)19-14(5-6-20)12-3-4-12/h7-9,12,14,18,20H,3-6H2,1-2H3,(H,19,21). The predicted molar refractivity (Wildman–Crippen MR) is 83.5 cm³/mol. The largest absolute Gasteiger partial charge is 0.396 e. The van der Waals surface area contributed by atoms with E-state index in [4.69, 9.17) is 5.11 Å². The first-order valence-corrected chi connectivity index (χ1v) is 7.60. The molecule has 4 heteroatoms. The number of aryl methyl sites for hydroxylation is 2. The van der Waals surface area contributed by atoms with E-state index < -0.39 is 0 Å². The van der Waals surface area contributed by atoms with Crippen LogP contribution < -0.4 is 5.32 Å². The summed E-state index contributed by atoms with van der Waals surface area (Å²) >= 11 is 0. The molecule has 1 saturated carbocycles. The fraction of sp³-hybridized carbons (Fsp3) is 0.471. The van der Waals surface area contributed by atoms with Gasteiger partial charge in [0, 0.05) is 23.6 Å². The van der Waals surface area contributed by atoms with E-state index in [2.05, 4.69) is 36.3 Å². The monoisotopic (exact) mass is 286 g/mol. The topological polar surface area (TPSA) is 65.1 Å². The first-order chi connectivity index (χ1) is 10.1. The van der Waals surface area contributed by atoms with E-state index >= 15 is 0 Å². The molecule has 1 amide bonds. The first-order valence-electron chi connectivity index (χ1n) is 7.60. The van der Waals surface area contributed by atoms with Crippen molar-refractivity contribution in [1.82, 2.24) is 10.3 Å². The highest BCUT2D eigenvalue weighted by Gasteiger charge is 2.32. The van der Waals surface area contributed by atoms with Gasteiger partial charge < -0.3 is 15.4 Å². The molecule has 2 aromatic rings. The van der Waals surface area contributed by atoms with Crippen molar-refractivity contribution in [3.63, 3.8) is 0 Å². The summed E-state index contributed by atoms with van der Waals surface area (Å²) in [5, 5.41) is 13.3. The average molecular weight is 286 g/mol. The molecule has 0 aliphatic heterocycles. The van der Waals surface area contributed by atoms with Crippen LogP contribution in [0, 0.1) is 19.8 Å². The van der Waals surface area contributed by atoms with E-state index in [9.17, 15) is 4.79 Å². The van der Waals surface area contributed by atoms with Gasteiger partial charge in [0.05, 0.1) is 0 Å². The lowest BCUT2D eigenvalue weighted by atomic mass is 10.1. The van der Waals surface area contributed by atoms with Gasteiger partial charge in [-0.15, -0.1) is 0 Å². The van der Waals surface area contributed by atoms with Crippen LogP contribution in [0.4, 0.5) is 0 Å². The molecule has 0 bridgehead atoms. The van der Waals surface area contributed by atoms with E-state index in [0.29, 0.717) is 18.0 Å². The van der Waals surface area contributed by atoms with Crippen molar-refractivity contribution in [2.75, 3.05) is 6.61 Å². The molecule has 112 valence electrons. The molecule has 1 heterocycles. The second-order valence-electron chi connectivity index (χ2n) is 6.16. The number of aromatic nitrogens is 1. The van der Waals surface area contributed by atoms with Crippen molar-refractivity contribution < 1.29 is 9.90 Å². The van der Waals surface area contributed by atoms with Gasteiger partial charge in [-0.2, -0.15) is 0 Å². The van der Waals surface area contributed by atoms with Crippen molar-refractivity contribution in [3.8, 4) is 0 Å². The van der Waals surface area contributed by atoms with Gasteiger partial charge in [0.2, 0.25) is 0 Å². The third-order valence-electron chi connectivity index (χ3n) is 4.28. The zero-order chi connectivity index (χ0) is 15.0. The van der Waals surface area contributed by atoms with Crippen molar-refractivity contribution in [1.29, 1.82) is 0 Å². The molecule has 21 heavy (non-hydrogen) atoms. The minimum Gasteiger partial charge on any atom is -0.396 e. The van der Waals surface area contributed by atoms with E-state index in [1.807, 2.05) is 6.07 Å². The average Bonchev–Trinajstić information content (AvgIpc) is 3.18. The number of rotatable bonds is 5. The molecule has 4 nitrogen and oxygen atoms in total. The summed E-state index contributed by atoms with van der Waals surface area (Å²) in [5.74, 6) is 0.461. The van der Waals surface area contributed by atoms with E-state index in [-0.39, 0.29) is 18.6 Å². The van der Waals surface area contributed by atoms with Gasteiger partial charge in [-0.25, -0.2) is 0 Å². The Labute approximate surface area is 124 Å². The number of aliphatic hydroxyl groups is 1. The van der Waals surface area contributed by atoms with Crippen molar-refractivity contribution in [2.45, 2.75) is 39.2 Å². The van der Waals surface area contributed by atoms with Crippen LogP contribution >= 0.6 is 0 Å². The second-order valence-corrected chi connectivity index (χ2v) is 6.16. The SMILES string of the molecule is Cc1cc(C)c2cc(C(=O)NC(CCO)C3CC3)[nH]c2c1. The van der Waals surface area contributed by atoms with Crippen molar-refractivity contribution >= 4 is 16.8 Å². The van der Waals surface area contributed by atoms with Crippen molar-refractivity contribution in [3.05, 3.63) is 35.0 Å². The highest BCUT2D eigenvalue weighted by molar-refractivity contribution is 5.99. The molecule has 0 radical (unpaired) electrons. The van der Waals surface area contributed by atoms with Crippen LogP contribution in [0.15, 0.2) is 18.2 Å². The molecule has 0 saturated heterocycles. The third-order valence-corrected chi connectivity index (χ3v) is 4.28. The minimum atomic E-state index is -0.0754. The summed E-state index contributed by atoms with van der Waals surface area (Å²) in [7, 11) is 0. The predicted octanol–water partition coefficient (Wildman–Crippen LogP) is 2.68. The molecule has 1 aliphatic rings. The van der Waals surface area contributed by atoms with Crippen molar-refractivity contribution in [2.24, 2.45) is 5.92 Å². The maximum absolute atomic E-state index is 12.4. The summed E-state index contributed by atoms with van der Waals surface area (Å²) in [6.07, 6.45) is 2.93. The van der Waals surface area contributed by atoms with E-state index in [0.717, 1.165) is 23.7 Å². The van der Waals surface area contributed by atoms with Crippen LogP contribution in [-0.4, -0.2) is 28.6 Å². The van der Waals surface area contributed by atoms with Crippen LogP contribution in [0.1, 0.15) is 40.9 Å². The number of carbonyl (C=O) groups is 1. The fourth-order valence-electron chi connectivity index (χ4n) is 3.03. The smallest absolute Gasteiger partial charge is 0.267 e. The number of fused-ring (bicyclic) bond motifs is 1. The summed E-state index contributed by atoms with van der Waals surface area (Å²) in [6, 6.07) is 6.20. The molecule has 3 rings (SSSR count). The molecule has 0 spiro atoms. The third kappa shape index (κ3) is 2.95. The Morgan fingerprint density at radius 1 is 1.38 bits per heavy atom. The zero-order valence-electron chi connectivity index (χ0n) is 12.6. The first kappa shape index (κ1) is 14.1. The molecule has 1 unspecified atom stereocenters. The Balaban J connectivity index is 1.82. The van der Waals surface area contributed by atoms with Gasteiger partial charge in [-0.1, -0.05) is 6.07 Å². The summed E-state index contributed by atoms with van der Waals surface area (Å²) in [6.45, 7) is 4.23. The number of H-pyrrole nitrogens is 1. The van der Waals surface area contributed by atoms with Gasteiger partial charge in [0.15, 0.2) is 0 Å². The van der Waals surface area contributed by atoms with Crippen LogP contribution in [0.3, 0.4) is 0 Å². The second kappa shape index (κ2) is 5.53. The van der Waals surface area contributed by atoms with Gasteiger partial charge in [0.25, 0.3) is 5.91 Å². The lowest BCUT2D eigenvalue weighted by Crippen LogP contribution is -2.37. The number of carbonyl (C=O) groups excluding carboxylic acids is 1. The normalized spacial score (nSPS) is 16.1. The Hall–Kier alpha value is -1.81. The fourth-order valence-corrected chi connectivity index (χ4v) is 3.03. The molecule has 1 aliphatic carbocycles. The Bertz CT molecular complexity index is 671. The van der Waals surface area contributed by atoms with Crippen LogP contribution in [0.25, 0.3) is 10.9 Å². The Morgan fingerprint density at radius 3 is 2.81 bits per heavy atom. The number of benzene rings is 1. The Morgan fingerprint density at radius 2 is 2.14 bits per heavy atom. The molecule has 1 aromatic carbocycles. The maximum Gasteiger partial charge on any atom is 0.267 e. The van der Waals surface area contributed by atoms with Crippen LogP contribution in [-0.2, 0) is 0 Å². The minimum absolute atomic E-state index is 0.0754. The highest BCUT2D eigenvalue weighted by atomic mass is 16.3. The molecule has 1 atom stereocenters. The van der Waals surface area contributed by atoms with Crippen LogP contribution in [0.5, 0.6) is 0 Å². The van der Waals surface area contributed by atoms with Gasteiger partial charge in [-0.05, 0) is 62.3 Å². The number of hydrogen-bond acceptors (Lipinski definition) is 2. The maximum atomic E-state index is 12.4. The molecular formula is C17H22N2O2. The van der Waals surface area contributed by atoms with E-state index in [1.54, 1.807) is 0 Å². The van der Waals surface area contributed by atoms with E-state index in [1.165, 1.54) is 11.1 Å². The lowest BCUT2D eigenvalue weighted by molar-refractivity contribution is 0.0920. The van der Waals surface area contributed by atoms with Gasteiger partial charge in [-0.3, -0.25) is 4.79 Å². The molecule has 3 N–H and O–H groups in total. The molecule has 1 fully saturated rings.